The van der Waals surface area contributed by atoms with Crippen LogP contribution in [0.4, 0.5) is 0 Å². The van der Waals surface area contributed by atoms with Crippen molar-refractivity contribution in [3.63, 3.8) is 0 Å². The molecule has 0 spiro atoms. The van der Waals surface area contributed by atoms with Gasteiger partial charge in [0.15, 0.2) is 0 Å². The Morgan fingerprint density at radius 1 is 1.38 bits per heavy atom. The van der Waals surface area contributed by atoms with E-state index >= 15 is 0 Å². The molecule has 1 fully saturated rings. The topological polar surface area (TPSA) is 35.5 Å². The first-order valence-corrected chi connectivity index (χ1v) is 6.67. The predicted molar refractivity (Wildman–Crippen MR) is 68.6 cm³/mol. The fourth-order valence-electron chi connectivity index (χ4n) is 2.80. The van der Waals surface area contributed by atoms with Crippen LogP contribution in [0.25, 0.3) is 0 Å². The fraction of sp³-hybridized carbons (Fsp3) is 1.00. The van der Waals surface area contributed by atoms with Crippen LogP contribution >= 0.6 is 0 Å². The van der Waals surface area contributed by atoms with Crippen molar-refractivity contribution in [1.82, 2.24) is 10.2 Å². The molecule has 0 aromatic carbocycles. The van der Waals surface area contributed by atoms with E-state index in [1.807, 2.05) is 7.05 Å². The van der Waals surface area contributed by atoms with Gasteiger partial charge in [-0.2, -0.15) is 0 Å². The van der Waals surface area contributed by atoms with Crippen molar-refractivity contribution in [2.75, 3.05) is 27.2 Å². The predicted octanol–water partition coefficient (Wildman–Crippen LogP) is 1.47. The minimum Gasteiger partial charge on any atom is -0.395 e. The second-order valence-corrected chi connectivity index (χ2v) is 5.27. The Bertz CT molecular complexity index is 183. The lowest BCUT2D eigenvalue weighted by molar-refractivity contribution is 0.129. The molecule has 0 aliphatic heterocycles. The molecule has 0 amide bonds. The SMILES string of the molecule is CNC(CO)CCN(C)C1CCCCC1C. The second kappa shape index (κ2) is 7.25. The number of nitrogens with zero attached hydrogens (tertiary/aromatic N) is 1. The van der Waals surface area contributed by atoms with E-state index in [4.69, 9.17) is 5.11 Å². The molecule has 0 saturated heterocycles. The van der Waals surface area contributed by atoms with Gasteiger partial charge in [-0.15, -0.1) is 0 Å². The number of hydrogen-bond donors (Lipinski definition) is 2. The highest BCUT2D eigenvalue weighted by Gasteiger charge is 2.24. The van der Waals surface area contributed by atoms with Gasteiger partial charge in [0.25, 0.3) is 0 Å². The van der Waals surface area contributed by atoms with Gasteiger partial charge in [0.2, 0.25) is 0 Å². The van der Waals surface area contributed by atoms with Gasteiger partial charge in [-0.25, -0.2) is 0 Å². The van der Waals surface area contributed by atoms with Gasteiger partial charge >= 0.3 is 0 Å². The zero-order valence-corrected chi connectivity index (χ0v) is 11.1. The van der Waals surface area contributed by atoms with Crippen LogP contribution in [0.5, 0.6) is 0 Å². The Balaban J connectivity index is 2.30. The second-order valence-electron chi connectivity index (χ2n) is 5.27. The summed E-state index contributed by atoms with van der Waals surface area (Å²) in [6.45, 7) is 3.70. The normalized spacial score (nSPS) is 28.3. The average Bonchev–Trinajstić information content (AvgIpc) is 2.30. The maximum absolute atomic E-state index is 9.12. The summed E-state index contributed by atoms with van der Waals surface area (Å²) in [5, 5.41) is 12.3. The van der Waals surface area contributed by atoms with E-state index in [2.05, 4.69) is 24.2 Å². The summed E-state index contributed by atoms with van der Waals surface area (Å²) >= 11 is 0. The van der Waals surface area contributed by atoms with Crippen molar-refractivity contribution in [3.8, 4) is 0 Å². The molecule has 1 saturated carbocycles. The molecule has 0 radical (unpaired) electrons. The molecule has 0 aromatic rings. The molecular formula is C13H28N2O. The van der Waals surface area contributed by atoms with Crippen molar-refractivity contribution in [3.05, 3.63) is 0 Å². The van der Waals surface area contributed by atoms with Crippen LogP contribution in [0, 0.1) is 5.92 Å². The Labute approximate surface area is 100 Å². The van der Waals surface area contributed by atoms with Crippen molar-refractivity contribution in [2.24, 2.45) is 5.92 Å². The maximum Gasteiger partial charge on any atom is 0.0585 e. The number of likely N-dealkylation sites (N-methyl/N-ethyl adjacent to an activating group) is 1. The quantitative estimate of drug-likeness (QED) is 0.722. The molecular weight excluding hydrogens is 200 g/mol. The standard InChI is InChI=1S/C13H28N2O/c1-11-6-4-5-7-13(11)15(3)9-8-12(10-16)14-2/h11-14,16H,4-10H2,1-3H3. The highest BCUT2D eigenvalue weighted by atomic mass is 16.3. The zero-order chi connectivity index (χ0) is 12.0. The van der Waals surface area contributed by atoms with E-state index < -0.39 is 0 Å². The lowest BCUT2D eigenvalue weighted by Crippen LogP contribution is -2.41. The summed E-state index contributed by atoms with van der Waals surface area (Å²) in [5.74, 6) is 0.834. The summed E-state index contributed by atoms with van der Waals surface area (Å²) in [6, 6.07) is 1.01. The molecule has 3 nitrogen and oxygen atoms in total. The van der Waals surface area contributed by atoms with Gasteiger partial charge in [0.05, 0.1) is 6.61 Å². The molecule has 16 heavy (non-hydrogen) atoms. The maximum atomic E-state index is 9.12. The van der Waals surface area contributed by atoms with E-state index in [0.717, 1.165) is 24.9 Å². The summed E-state index contributed by atoms with van der Waals surface area (Å²) in [4.78, 5) is 2.49. The summed E-state index contributed by atoms with van der Waals surface area (Å²) in [5.41, 5.74) is 0. The highest BCUT2D eigenvalue weighted by molar-refractivity contribution is 4.80. The third kappa shape index (κ3) is 4.04. The first-order chi connectivity index (χ1) is 7.69. The monoisotopic (exact) mass is 228 g/mol. The molecule has 1 rings (SSSR count). The average molecular weight is 228 g/mol. The smallest absolute Gasteiger partial charge is 0.0585 e. The summed E-state index contributed by atoms with van der Waals surface area (Å²) < 4.78 is 0. The molecule has 2 N–H and O–H groups in total. The lowest BCUT2D eigenvalue weighted by atomic mass is 9.85. The first kappa shape index (κ1) is 13.9. The minimum absolute atomic E-state index is 0.241. The lowest BCUT2D eigenvalue weighted by Gasteiger charge is -2.36. The number of aliphatic hydroxyl groups is 1. The fourth-order valence-corrected chi connectivity index (χ4v) is 2.80. The Morgan fingerprint density at radius 3 is 2.62 bits per heavy atom. The zero-order valence-electron chi connectivity index (χ0n) is 11.1. The summed E-state index contributed by atoms with van der Waals surface area (Å²) in [7, 11) is 4.15. The number of hydrogen-bond acceptors (Lipinski definition) is 3. The Kier molecular flexibility index (Phi) is 6.32. The molecule has 1 aliphatic rings. The van der Waals surface area contributed by atoms with Gasteiger partial charge in [-0.1, -0.05) is 19.8 Å². The van der Waals surface area contributed by atoms with E-state index in [0.29, 0.717) is 0 Å². The van der Waals surface area contributed by atoms with Crippen LogP contribution in [-0.4, -0.2) is 49.3 Å². The molecule has 0 bridgehead atoms. The van der Waals surface area contributed by atoms with Gasteiger partial charge in [0.1, 0.15) is 0 Å². The van der Waals surface area contributed by atoms with Gasteiger partial charge in [-0.3, -0.25) is 0 Å². The van der Waals surface area contributed by atoms with Gasteiger partial charge < -0.3 is 15.3 Å². The third-order valence-electron chi connectivity index (χ3n) is 4.09. The van der Waals surface area contributed by atoms with E-state index in [1.165, 1.54) is 25.7 Å². The van der Waals surface area contributed by atoms with E-state index in [-0.39, 0.29) is 12.6 Å². The van der Waals surface area contributed by atoms with E-state index in [1.54, 1.807) is 0 Å². The molecule has 0 heterocycles. The Hall–Kier alpha value is -0.120. The first-order valence-electron chi connectivity index (χ1n) is 6.67. The molecule has 1 aliphatic carbocycles. The third-order valence-corrected chi connectivity index (χ3v) is 4.09. The van der Waals surface area contributed by atoms with Crippen LogP contribution in [-0.2, 0) is 0 Å². The van der Waals surface area contributed by atoms with Crippen LogP contribution in [0.2, 0.25) is 0 Å². The molecule has 0 aromatic heterocycles. The largest absolute Gasteiger partial charge is 0.395 e. The Morgan fingerprint density at radius 2 is 2.06 bits per heavy atom. The minimum atomic E-state index is 0.241. The van der Waals surface area contributed by atoms with Crippen LogP contribution in [0.1, 0.15) is 39.0 Å². The van der Waals surface area contributed by atoms with Crippen LogP contribution < -0.4 is 5.32 Å². The van der Waals surface area contributed by atoms with Crippen molar-refractivity contribution in [2.45, 2.75) is 51.1 Å². The van der Waals surface area contributed by atoms with Crippen molar-refractivity contribution < 1.29 is 5.11 Å². The number of rotatable bonds is 6. The number of aliphatic hydroxyl groups excluding tert-OH is 1. The van der Waals surface area contributed by atoms with Crippen LogP contribution in [0.3, 0.4) is 0 Å². The molecule has 3 heteroatoms. The van der Waals surface area contributed by atoms with Crippen molar-refractivity contribution >= 4 is 0 Å². The van der Waals surface area contributed by atoms with Gasteiger partial charge in [-0.05, 0) is 45.8 Å². The molecule has 3 atom stereocenters. The highest BCUT2D eigenvalue weighted by Crippen LogP contribution is 2.27. The number of nitrogens with one attached hydrogen (secondary N) is 1. The molecule has 3 unspecified atom stereocenters. The van der Waals surface area contributed by atoms with Crippen molar-refractivity contribution in [1.29, 1.82) is 0 Å². The summed E-state index contributed by atoms with van der Waals surface area (Å²) in [6.07, 6.45) is 6.55. The van der Waals surface area contributed by atoms with Crippen LogP contribution in [0.15, 0.2) is 0 Å². The van der Waals surface area contributed by atoms with E-state index in [9.17, 15) is 0 Å². The molecule has 96 valence electrons. The van der Waals surface area contributed by atoms with Gasteiger partial charge in [0, 0.05) is 12.1 Å².